The lowest BCUT2D eigenvalue weighted by atomic mass is 9.77. The average Bonchev–Trinajstić information content (AvgIpc) is 3.21. The van der Waals surface area contributed by atoms with Crippen molar-refractivity contribution in [2.24, 2.45) is 0 Å². The molecule has 0 radical (unpaired) electrons. The second-order valence-corrected chi connectivity index (χ2v) is 10.2. The Hall–Kier alpha value is -3.51. The van der Waals surface area contributed by atoms with E-state index in [0.29, 0.717) is 22.8 Å². The molecule has 4 aromatic rings. The van der Waals surface area contributed by atoms with E-state index in [0.717, 1.165) is 40.6 Å². The van der Waals surface area contributed by atoms with E-state index in [-0.39, 0.29) is 24.9 Å². The van der Waals surface area contributed by atoms with E-state index in [1.165, 1.54) is 6.07 Å². The number of hydrogen-bond acceptors (Lipinski definition) is 5. The molecule has 1 fully saturated rings. The van der Waals surface area contributed by atoms with Crippen LogP contribution in [0.25, 0.3) is 21.9 Å². The third kappa shape index (κ3) is 4.65. The number of ether oxygens (including phenoxy) is 1. The van der Waals surface area contributed by atoms with Crippen molar-refractivity contribution in [3.63, 3.8) is 0 Å². The second-order valence-electron chi connectivity index (χ2n) is 9.34. The molecule has 1 N–H and O–H groups in total. The smallest absolute Gasteiger partial charge is 0.407 e. The largest absolute Gasteiger partial charge is 0.445 e. The monoisotopic (exact) mass is 549 g/mol. The number of imidazole rings is 1. The molecule has 184 valence electrons. The number of halogens is 2. The molecule has 0 atom stereocenters. The van der Waals surface area contributed by atoms with E-state index in [2.05, 4.69) is 36.9 Å². The maximum Gasteiger partial charge on any atom is 0.407 e. The van der Waals surface area contributed by atoms with E-state index >= 15 is 0 Å². The Labute approximate surface area is 216 Å². The number of nitrogens with zero attached hydrogens (tertiary/aromatic N) is 4. The van der Waals surface area contributed by atoms with Crippen molar-refractivity contribution in [2.45, 2.75) is 57.2 Å². The number of benzene rings is 2. The number of alkyl carbamates (subject to hydrolysis) is 1. The van der Waals surface area contributed by atoms with Gasteiger partial charge in [0.25, 0.3) is 0 Å². The van der Waals surface area contributed by atoms with Crippen LogP contribution in [0, 0.1) is 24.1 Å². The van der Waals surface area contributed by atoms with Gasteiger partial charge in [-0.05, 0) is 60.2 Å². The third-order valence-electron chi connectivity index (χ3n) is 7.01. The number of hydrogen-bond donors (Lipinski definition) is 1. The lowest BCUT2D eigenvalue weighted by Crippen LogP contribution is -2.50. The molecule has 1 aliphatic rings. The summed E-state index contributed by atoms with van der Waals surface area (Å²) in [5.41, 5.74) is 2.52. The van der Waals surface area contributed by atoms with Gasteiger partial charge in [-0.2, -0.15) is 5.26 Å². The zero-order valence-electron chi connectivity index (χ0n) is 19.8. The van der Waals surface area contributed by atoms with E-state index in [9.17, 15) is 14.4 Å². The Balaban J connectivity index is 1.37. The summed E-state index contributed by atoms with van der Waals surface area (Å²) in [5.74, 6) is 0.495. The number of fused-ring (bicyclic) bond motifs is 3. The number of pyridine rings is 1. The van der Waals surface area contributed by atoms with Gasteiger partial charge in [0.15, 0.2) is 0 Å². The fourth-order valence-corrected chi connectivity index (χ4v) is 5.56. The summed E-state index contributed by atoms with van der Waals surface area (Å²) >= 11 is 3.30. The standard InChI is InChI=1S/C27H25BrFN5O2/c1-17-32-24-15-31-23-14-22(29)21(28)13-20(23)25(24)34(17)19-7-9-27(10-8-19,11-12-30)33-26(35)36-16-18-5-3-2-4-6-18/h2-6,13-15,19H,7-11,16H2,1H3,(H,33,35). The van der Waals surface area contributed by atoms with Crippen LogP contribution in [0.15, 0.2) is 53.1 Å². The first-order valence-corrected chi connectivity index (χ1v) is 12.7. The van der Waals surface area contributed by atoms with Crippen molar-refractivity contribution in [3.05, 3.63) is 70.3 Å². The third-order valence-corrected chi connectivity index (χ3v) is 7.62. The van der Waals surface area contributed by atoms with Crippen molar-refractivity contribution in [1.82, 2.24) is 19.9 Å². The van der Waals surface area contributed by atoms with Crippen LogP contribution < -0.4 is 5.32 Å². The minimum atomic E-state index is -0.640. The Morgan fingerprint density at radius 1 is 1.28 bits per heavy atom. The highest BCUT2D eigenvalue weighted by molar-refractivity contribution is 9.10. The SMILES string of the molecule is Cc1nc2cnc3cc(F)c(Br)cc3c2n1C1CCC(CC#N)(NC(=O)OCc2ccccc2)CC1. The van der Waals surface area contributed by atoms with Crippen LogP contribution in [0.1, 0.15) is 49.5 Å². The van der Waals surface area contributed by atoms with Crippen LogP contribution in [0.5, 0.6) is 0 Å². The van der Waals surface area contributed by atoms with Gasteiger partial charge in [0.2, 0.25) is 0 Å². The highest BCUT2D eigenvalue weighted by Gasteiger charge is 2.38. The van der Waals surface area contributed by atoms with Gasteiger partial charge >= 0.3 is 6.09 Å². The number of nitriles is 1. The van der Waals surface area contributed by atoms with Gasteiger partial charge in [-0.3, -0.25) is 4.98 Å². The number of nitrogens with one attached hydrogen (secondary N) is 1. The second kappa shape index (κ2) is 9.86. The summed E-state index contributed by atoms with van der Waals surface area (Å²) in [6.07, 6.45) is 4.14. The topological polar surface area (TPSA) is 92.8 Å². The predicted molar refractivity (Wildman–Crippen MR) is 138 cm³/mol. The maximum absolute atomic E-state index is 14.1. The van der Waals surface area contributed by atoms with Gasteiger partial charge in [0.1, 0.15) is 23.8 Å². The lowest BCUT2D eigenvalue weighted by Gasteiger charge is -2.39. The summed E-state index contributed by atoms with van der Waals surface area (Å²) < 4.78 is 22.2. The van der Waals surface area contributed by atoms with Crippen molar-refractivity contribution >= 4 is 44.0 Å². The van der Waals surface area contributed by atoms with Gasteiger partial charge in [0, 0.05) is 17.5 Å². The Bertz CT molecular complexity index is 1470. The zero-order chi connectivity index (χ0) is 25.3. The molecular weight excluding hydrogens is 525 g/mol. The summed E-state index contributed by atoms with van der Waals surface area (Å²) in [6.45, 7) is 2.14. The van der Waals surface area contributed by atoms with Gasteiger partial charge in [-0.25, -0.2) is 14.2 Å². The molecule has 1 aliphatic carbocycles. The number of rotatable bonds is 5. The molecule has 1 amide bonds. The van der Waals surface area contributed by atoms with Crippen LogP contribution in [0.3, 0.4) is 0 Å². The fourth-order valence-electron chi connectivity index (χ4n) is 5.22. The Morgan fingerprint density at radius 3 is 2.75 bits per heavy atom. The van der Waals surface area contributed by atoms with Crippen LogP contribution >= 0.6 is 15.9 Å². The van der Waals surface area contributed by atoms with Crippen molar-refractivity contribution in [2.75, 3.05) is 0 Å². The number of carbonyl (C=O) groups is 1. The fraction of sp³-hybridized carbons (Fsp3) is 0.333. The number of aromatic nitrogens is 3. The molecular formula is C27H25BrFN5O2. The first-order chi connectivity index (χ1) is 17.4. The van der Waals surface area contributed by atoms with Crippen LogP contribution in [0.2, 0.25) is 0 Å². The molecule has 7 nitrogen and oxygen atoms in total. The van der Waals surface area contributed by atoms with Crippen molar-refractivity contribution in [1.29, 1.82) is 5.26 Å². The van der Waals surface area contributed by atoms with Crippen LogP contribution in [-0.2, 0) is 11.3 Å². The van der Waals surface area contributed by atoms with Crippen LogP contribution in [-0.4, -0.2) is 26.2 Å². The van der Waals surface area contributed by atoms with E-state index in [1.54, 1.807) is 12.3 Å². The van der Waals surface area contributed by atoms with Gasteiger partial charge in [-0.15, -0.1) is 0 Å². The van der Waals surface area contributed by atoms with E-state index in [4.69, 9.17) is 9.72 Å². The molecule has 5 rings (SSSR count). The minimum Gasteiger partial charge on any atom is -0.445 e. The number of amides is 1. The molecule has 1 saturated carbocycles. The van der Waals surface area contributed by atoms with E-state index in [1.807, 2.05) is 37.3 Å². The zero-order valence-corrected chi connectivity index (χ0v) is 21.4. The van der Waals surface area contributed by atoms with Gasteiger partial charge in [0.05, 0.1) is 39.7 Å². The van der Waals surface area contributed by atoms with Gasteiger partial charge < -0.3 is 14.6 Å². The molecule has 2 heterocycles. The molecule has 2 aromatic carbocycles. The highest BCUT2D eigenvalue weighted by atomic mass is 79.9. The molecule has 9 heteroatoms. The lowest BCUT2D eigenvalue weighted by molar-refractivity contribution is 0.113. The van der Waals surface area contributed by atoms with Crippen molar-refractivity contribution in [3.8, 4) is 6.07 Å². The van der Waals surface area contributed by atoms with E-state index < -0.39 is 11.6 Å². The van der Waals surface area contributed by atoms with Crippen LogP contribution in [0.4, 0.5) is 9.18 Å². The number of aryl methyl sites for hydroxylation is 1. The summed E-state index contributed by atoms with van der Waals surface area (Å²) in [7, 11) is 0. The first kappa shape index (κ1) is 24.2. The molecule has 0 bridgehead atoms. The minimum absolute atomic E-state index is 0.124. The molecule has 0 aliphatic heterocycles. The highest BCUT2D eigenvalue weighted by Crippen LogP contribution is 2.40. The van der Waals surface area contributed by atoms with Gasteiger partial charge in [-0.1, -0.05) is 30.3 Å². The Morgan fingerprint density at radius 2 is 2.03 bits per heavy atom. The first-order valence-electron chi connectivity index (χ1n) is 11.9. The normalized spacial score (nSPS) is 19.8. The summed E-state index contributed by atoms with van der Waals surface area (Å²) in [6, 6.07) is 15.0. The number of carbonyl (C=O) groups excluding carboxylic acids is 1. The molecule has 0 saturated heterocycles. The molecule has 0 unspecified atom stereocenters. The Kier molecular flexibility index (Phi) is 6.63. The molecule has 36 heavy (non-hydrogen) atoms. The molecule has 0 spiro atoms. The quantitative estimate of drug-likeness (QED) is 0.307. The summed E-state index contributed by atoms with van der Waals surface area (Å²) in [4.78, 5) is 21.7. The molecule has 2 aromatic heterocycles. The summed E-state index contributed by atoms with van der Waals surface area (Å²) in [5, 5.41) is 13.3. The van der Waals surface area contributed by atoms with Crippen molar-refractivity contribution < 1.29 is 13.9 Å². The average molecular weight is 550 g/mol. The predicted octanol–water partition coefficient (Wildman–Crippen LogP) is 6.49. The maximum atomic E-state index is 14.1.